The first-order chi connectivity index (χ1) is 17.1. The molecule has 1 saturated carbocycles. The van der Waals surface area contributed by atoms with E-state index in [0.717, 1.165) is 34.3 Å². The molecule has 36 heavy (non-hydrogen) atoms. The smallest absolute Gasteiger partial charge is 0.231 e. The van der Waals surface area contributed by atoms with Crippen LogP contribution in [0.5, 0.6) is 0 Å². The third-order valence-electron chi connectivity index (χ3n) is 5.89. The van der Waals surface area contributed by atoms with E-state index in [-0.39, 0.29) is 18.1 Å². The van der Waals surface area contributed by atoms with Crippen molar-refractivity contribution in [3.63, 3.8) is 0 Å². The topological polar surface area (TPSA) is 59.1 Å². The van der Waals surface area contributed by atoms with Gasteiger partial charge in [-0.15, -0.1) is 0 Å². The van der Waals surface area contributed by atoms with Crippen molar-refractivity contribution in [3.8, 4) is 0 Å². The Morgan fingerprint density at radius 1 is 1.22 bits per heavy atom. The van der Waals surface area contributed by atoms with Crippen molar-refractivity contribution in [1.29, 1.82) is 0 Å². The molecule has 1 aliphatic carbocycles. The number of halogens is 1. The molecule has 0 radical (unpaired) electrons. The summed E-state index contributed by atoms with van der Waals surface area (Å²) in [6.07, 6.45) is 14.9. The maximum Gasteiger partial charge on any atom is 0.231 e. The highest BCUT2D eigenvalue weighted by Gasteiger charge is 2.43. The predicted molar refractivity (Wildman–Crippen MR) is 151 cm³/mol. The van der Waals surface area contributed by atoms with Gasteiger partial charge in [0.05, 0.1) is 5.92 Å². The van der Waals surface area contributed by atoms with Gasteiger partial charge >= 0.3 is 0 Å². The van der Waals surface area contributed by atoms with Crippen LogP contribution in [0.15, 0.2) is 65.4 Å². The molecule has 1 fully saturated rings. The van der Waals surface area contributed by atoms with Crippen LogP contribution in [0.2, 0.25) is 0 Å². The van der Waals surface area contributed by atoms with E-state index in [0.29, 0.717) is 17.8 Å². The molecule has 0 bridgehead atoms. The Morgan fingerprint density at radius 2 is 1.86 bits per heavy atom. The van der Waals surface area contributed by atoms with Crippen LogP contribution in [-0.2, 0) is 9.59 Å². The first kappa shape index (κ1) is 31.0. The highest BCUT2D eigenvalue weighted by atomic mass is 19.1. The molecule has 1 aromatic rings. The van der Waals surface area contributed by atoms with Gasteiger partial charge in [0, 0.05) is 18.2 Å². The van der Waals surface area contributed by atoms with Gasteiger partial charge in [0.2, 0.25) is 5.91 Å². The Kier molecular flexibility index (Phi) is 13.6. The lowest BCUT2D eigenvalue weighted by Gasteiger charge is -2.12. The van der Waals surface area contributed by atoms with Gasteiger partial charge in [-0.2, -0.15) is 0 Å². The lowest BCUT2D eigenvalue weighted by Crippen LogP contribution is -2.16. The van der Waals surface area contributed by atoms with E-state index in [4.69, 9.17) is 0 Å². The minimum absolute atomic E-state index is 0.0254. The first-order valence-corrected chi connectivity index (χ1v) is 13.0. The summed E-state index contributed by atoms with van der Waals surface area (Å²) < 4.78 is 13.1. The number of allylic oxidation sites excluding steroid dienone is 8. The lowest BCUT2D eigenvalue weighted by molar-refractivity contribution is -0.117. The number of rotatable bonds is 11. The van der Waals surface area contributed by atoms with Crippen LogP contribution in [0.1, 0.15) is 84.8 Å². The van der Waals surface area contributed by atoms with Crippen molar-refractivity contribution in [2.45, 2.75) is 86.7 Å². The number of pyridine rings is 1. The second-order valence-electron chi connectivity index (χ2n) is 9.02. The molecule has 1 aromatic heterocycles. The minimum Gasteiger partial charge on any atom is -0.310 e. The Labute approximate surface area is 217 Å². The fourth-order valence-corrected chi connectivity index (χ4v) is 3.34. The molecule has 1 amide bonds. The van der Waals surface area contributed by atoms with E-state index in [1.807, 2.05) is 45.9 Å². The molecule has 2 rings (SSSR count). The average molecular weight is 495 g/mol. The maximum absolute atomic E-state index is 13.1. The van der Waals surface area contributed by atoms with Crippen molar-refractivity contribution in [3.05, 3.63) is 76.6 Å². The maximum atomic E-state index is 13.1. The summed E-state index contributed by atoms with van der Waals surface area (Å²) in [4.78, 5) is 28.3. The van der Waals surface area contributed by atoms with Crippen molar-refractivity contribution < 1.29 is 14.0 Å². The number of carbonyl (C=O) groups is 2. The number of nitrogens with one attached hydrogen (secondary N) is 1. The molecular formula is C31H43FN2O2. The molecule has 4 nitrogen and oxygen atoms in total. The SMILES string of the molecule is C=C(\C=C(C)/C(=C\C)C(/C=C/CC)=C/c1cnc(NC(=O)C2CC2F)cc1C)C(=O)CC.CCCC. The van der Waals surface area contributed by atoms with Gasteiger partial charge in [0.1, 0.15) is 12.0 Å². The molecule has 2 atom stereocenters. The zero-order valence-corrected chi connectivity index (χ0v) is 23.1. The molecule has 5 heteroatoms. The Morgan fingerprint density at radius 3 is 2.33 bits per heavy atom. The van der Waals surface area contributed by atoms with E-state index in [2.05, 4.69) is 49.8 Å². The van der Waals surface area contributed by atoms with Crippen molar-refractivity contribution >= 4 is 23.6 Å². The quantitative estimate of drug-likeness (QED) is 0.249. The van der Waals surface area contributed by atoms with Crippen LogP contribution in [0.4, 0.5) is 10.2 Å². The molecule has 196 valence electrons. The van der Waals surface area contributed by atoms with Gasteiger partial charge in [-0.25, -0.2) is 9.37 Å². The van der Waals surface area contributed by atoms with Crippen LogP contribution in [0.3, 0.4) is 0 Å². The molecule has 0 spiro atoms. The van der Waals surface area contributed by atoms with Gasteiger partial charge in [-0.3, -0.25) is 9.59 Å². The molecule has 0 aliphatic heterocycles. The number of anilines is 1. The molecule has 2 unspecified atom stereocenters. The Balaban J connectivity index is 0.00000150. The van der Waals surface area contributed by atoms with Gasteiger partial charge < -0.3 is 5.32 Å². The fraction of sp³-hybridized carbons (Fsp3) is 0.452. The highest BCUT2D eigenvalue weighted by molar-refractivity contribution is 5.97. The highest BCUT2D eigenvalue weighted by Crippen LogP contribution is 2.34. The Bertz CT molecular complexity index is 1040. The van der Waals surface area contributed by atoms with Crippen LogP contribution >= 0.6 is 0 Å². The number of Topliss-reactive ketones (excluding diaryl/α,β-unsaturated/α-hetero) is 1. The summed E-state index contributed by atoms with van der Waals surface area (Å²) in [5.41, 5.74) is 5.27. The number of carbonyl (C=O) groups excluding carboxylic acids is 2. The monoisotopic (exact) mass is 494 g/mol. The third-order valence-corrected chi connectivity index (χ3v) is 5.89. The second kappa shape index (κ2) is 15.8. The molecule has 1 N–H and O–H groups in total. The van der Waals surface area contributed by atoms with Crippen LogP contribution in [0.25, 0.3) is 6.08 Å². The average Bonchev–Trinajstić information content (AvgIpc) is 3.60. The number of hydrogen-bond acceptors (Lipinski definition) is 3. The normalized spacial score (nSPS) is 17.9. The van der Waals surface area contributed by atoms with Gasteiger partial charge in [0.15, 0.2) is 5.78 Å². The van der Waals surface area contributed by atoms with Crippen LogP contribution in [-0.4, -0.2) is 22.8 Å². The summed E-state index contributed by atoms with van der Waals surface area (Å²) in [7, 11) is 0. The number of ketones is 1. The van der Waals surface area contributed by atoms with Gasteiger partial charge in [0.25, 0.3) is 0 Å². The number of aryl methyl sites for hydroxylation is 1. The molecule has 1 aliphatic rings. The van der Waals surface area contributed by atoms with E-state index in [9.17, 15) is 14.0 Å². The molecule has 0 aromatic carbocycles. The summed E-state index contributed by atoms with van der Waals surface area (Å²) in [6.45, 7) is 18.0. The van der Waals surface area contributed by atoms with Gasteiger partial charge in [-0.1, -0.05) is 65.3 Å². The van der Waals surface area contributed by atoms with Crippen molar-refractivity contribution in [2.24, 2.45) is 5.92 Å². The molecule has 1 heterocycles. The number of aromatic nitrogens is 1. The zero-order valence-electron chi connectivity index (χ0n) is 23.1. The minimum atomic E-state index is -1.04. The number of unbranched alkanes of at least 4 members (excludes halogenated alkanes) is 1. The van der Waals surface area contributed by atoms with E-state index >= 15 is 0 Å². The second-order valence-corrected chi connectivity index (χ2v) is 9.02. The zero-order chi connectivity index (χ0) is 27.3. The third kappa shape index (κ3) is 9.88. The number of nitrogens with zero attached hydrogens (tertiary/aromatic N) is 1. The van der Waals surface area contributed by atoms with Gasteiger partial charge in [-0.05, 0) is 79.7 Å². The summed E-state index contributed by atoms with van der Waals surface area (Å²) in [5, 5.41) is 2.69. The number of amides is 1. The van der Waals surface area contributed by atoms with Crippen LogP contribution < -0.4 is 5.32 Å². The van der Waals surface area contributed by atoms with Crippen LogP contribution in [0, 0.1) is 12.8 Å². The summed E-state index contributed by atoms with van der Waals surface area (Å²) in [5.74, 6) is -0.426. The Hall–Kier alpha value is -3.08. The van der Waals surface area contributed by atoms with Crippen molar-refractivity contribution in [2.75, 3.05) is 5.32 Å². The summed E-state index contributed by atoms with van der Waals surface area (Å²) in [6, 6.07) is 1.79. The largest absolute Gasteiger partial charge is 0.310 e. The van der Waals surface area contributed by atoms with E-state index in [1.165, 1.54) is 12.8 Å². The first-order valence-electron chi connectivity index (χ1n) is 13.0. The lowest BCUT2D eigenvalue weighted by atomic mass is 9.93. The standard InChI is InChI=1S/C27H33FN2O2.C4H10/c1-7-10-11-20(22(8-2)18(5)12-19(6)25(31)9-3)14-21-16-29-26(13-17(21)4)30-27(32)23-15-24(23)28;1-3-4-2/h8,10-14,16,23-24H,6-7,9,15H2,1-5H3,(H,29,30,32);3-4H2,1-2H3/b11-10+,18-12-,20-14+,22-8+;. The summed E-state index contributed by atoms with van der Waals surface area (Å²) >= 11 is 0. The van der Waals surface area contributed by atoms with E-state index < -0.39 is 12.1 Å². The predicted octanol–water partition coefficient (Wildman–Crippen LogP) is 8.27. The number of hydrogen-bond donors (Lipinski definition) is 1. The molecular weight excluding hydrogens is 451 g/mol. The molecule has 0 saturated heterocycles. The van der Waals surface area contributed by atoms with E-state index in [1.54, 1.807) is 12.3 Å². The fourth-order valence-electron chi connectivity index (χ4n) is 3.34. The number of alkyl halides is 1. The van der Waals surface area contributed by atoms with Crippen molar-refractivity contribution in [1.82, 2.24) is 4.98 Å².